The van der Waals surface area contributed by atoms with E-state index >= 15 is 0 Å². The lowest BCUT2D eigenvalue weighted by Crippen LogP contribution is -2.14. The Balaban J connectivity index is 3.08. The zero-order chi connectivity index (χ0) is 13.7. The number of benzene rings is 1. The van der Waals surface area contributed by atoms with Crippen molar-refractivity contribution in [2.75, 3.05) is 6.54 Å². The molecule has 18 heavy (non-hydrogen) atoms. The summed E-state index contributed by atoms with van der Waals surface area (Å²) in [7, 11) is 0. The summed E-state index contributed by atoms with van der Waals surface area (Å²) >= 11 is 0. The molecule has 102 valence electrons. The molecule has 0 radical (unpaired) electrons. The third-order valence-corrected chi connectivity index (χ3v) is 3.02. The highest BCUT2D eigenvalue weighted by atomic mass is 16.5. The van der Waals surface area contributed by atoms with E-state index in [4.69, 9.17) is 4.74 Å². The van der Waals surface area contributed by atoms with E-state index in [0.717, 1.165) is 18.8 Å². The fourth-order valence-electron chi connectivity index (χ4n) is 2.00. The fourth-order valence-corrected chi connectivity index (χ4v) is 2.00. The van der Waals surface area contributed by atoms with Crippen molar-refractivity contribution in [1.82, 2.24) is 5.32 Å². The molecule has 2 nitrogen and oxygen atoms in total. The summed E-state index contributed by atoms with van der Waals surface area (Å²) in [6, 6.07) is 4.47. The van der Waals surface area contributed by atoms with Crippen molar-refractivity contribution < 1.29 is 4.74 Å². The molecule has 0 fully saturated rings. The fraction of sp³-hybridized carbons (Fsp3) is 0.625. The number of hydrogen-bond acceptors (Lipinski definition) is 2. The van der Waals surface area contributed by atoms with Gasteiger partial charge < -0.3 is 10.1 Å². The Hall–Kier alpha value is -1.02. The molecule has 0 aromatic heterocycles. The minimum atomic E-state index is 0.224. The second kappa shape index (κ2) is 6.79. The van der Waals surface area contributed by atoms with Crippen LogP contribution in [0.1, 0.15) is 57.2 Å². The topological polar surface area (TPSA) is 21.3 Å². The van der Waals surface area contributed by atoms with Crippen LogP contribution in [0.2, 0.25) is 0 Å². The summed E-state index contributed by atoms with van der Waals surface area (Å²) in [6.45, 7) is 14.8. The van der Waals surface area contributed by atoms with Gasteiger partial charge >= 0.3 is 0 Å². The average molecular weight is 249 g/mol. The van der Waals surface area contributed by atoms with Crippen LogP contribution in [-0.4, -0.2) is 12.6 Å². The predicted octanol–water partition coefficient (Wildman–Crippen LogP) is 4.02. The van der Waals surface area contributed by atoms with E-state index in [9.17, 15) is 0 Å². The van der Waals surface area contributed by atoms with Crippen molar-refractivity contribution in [2.24, 2.45) is 0 Å². The number of nitrogens with one attached hydrogen (secondary N) is 1. The molecule has 0 unspecified atom stereocenters. The van der Waals surface area contributed by atoms with E-state index in [1.54, 1.807) is 0 Å². The Morgan fingerprint density at radius 1 is 1.17 bits per heavy atom. The van der Waals surface area contributed by atoms with Gasteiger partial charge in [-0.05, 0) is 56.0 Å². The average Bonchev–Trinajstić information content (AvgIpc) is 2.26. The Morgan fingerprint density at radius 3 is 2.33 bits per heavy atom. The summed E-state index contributed by atoms with van der Waals surface area (Å²) < 4.78 is 5.93. The molecule has 0 amide bonds. The van der Waals surface area contributed by atoms with Gasteiger partial charge in [0.15, 0.2) is 0 Å². The van der Waals surface area contributed by atoms with Gasteiger partial charge in [0.25, 0.3) is 0 Å². The maximum absolute atomic E-state index is 5.93. The van der Waals surface area contributed by atoms with Crippen molar-refractivity contribution in [3.05, 3.63) is 28.8 Å². The number of aryl methyl sites for hydroxylation is 1. The molecule has 0 bridgehead atoms. The van der Waals surface area contributed by atoms with Crippen molar-refractivity contribution in [3.63, 3.8) is 0 Å². The van der Waals surface area contributed by atoms with Crippen LogP contribution in [0.15, 0.2) is 12.1 Å². The Labute approximate surface area is 112 Å². The molecule has 1 aromatic rings. The summed E-state index contributed by atoms with van der Waals surface area (Å²) in [6.07, 6.45) is 0.224. The van der Waals surface area contributed by atoms with Crippen LogP contribution in [0.3, 0.4) is 0 Å². The van der Waals surface area contributed by atoms with Gasteiger partial charge in [0.2, 0.25) is 0 Å². The van der Waals surface area contributed by atoms with E-state index in [2.05, 4.69) is 59.0 Å². The Kier molecular flexibility index (Phi) is 5.67. The molecule has 0 aliphatic rings. The van der Waals surface area contributed by atoms with Crippen LogP contribution in [0.25, 0.3) is 0 Å². The first-order valence-electron chi connectivity index (χ1n) is 6.96. The largest absolute Gasteiger partial charge is 0.491 e. The van der Waals surface area contributed by atoms with Gasteiger partial charge in [0, 0.05) is 6.54 Å². The van der Waals surface area contributed by atoms with Crippen LogP contribution >= 0.6 is 0 Å². The van der Waals surface area contributed by atoms with E-state index in [-0.39, 0.29) is 6.10 Å². The number of ether oxygens (including phenoxy) is 1. The molecule has 2 heteroatoms. The highest BCUT2D eigenvalue weighted by Gasteiger charge is 2.12. The summed E-state index contributed by atoms with van der Waals surface area (Å²) in [5, 5.41) is 3.39. The third kappa shape index (κ3) is 4.02. The standard InChI is InChI=1S/C16H27NO/c1-7-17-10-14-9-15(11(2)3)16(8-13(14)6)18-12(4)5/h8-9,11-12,17H,7,10H2,1-6H3. The first-order chi connectivity index (χ1) is 8.45. The van der Waals surface area contributed by atoms with Crippen molar-refractivity contribution in [1.29, 1.82) is 0 Å². The second-order valence-corrected chi connectivity index (χ2v) is 5.42. The van der Waals surface area contributed by atoms with Gasteiger partial charge in [0.05, 0.1) is 6.10 Å². The summed E-state index contributed by atoms with van der Waals surface area (Å²) in [4.78, 5) is 0. The molecular formula is C16H27NO. The first-order valence-corrected chi connectivity index (χ1v) is 6.96. The van der Waals surface area contributed by atoms with E-state index in [1.165, 1.54) is 16.7 Å². The van der Waals surface area contributed by atoms with Gasteiger partial charge in [-0.3, -0.25) is 0 Å². The van der Waals surface area contributed by atoms with E-state index in [0.29, 0.717) is 5.92 Å². The predicted molar refractivity (Wildman–Crippen MR) is 78.4 cm³/mol. The van der Waals surface area contributed by atoms with Gasteiger partial charge in [-0.15, -0.1) is 0 Å². The van der Waals surface area contributed by atoms with E-state index < -0.39 is 0 Å². The maximum Gasteiger partial charge on any atom is 0.123 e. The maximum atomic E-state index is 5.93. The van der Waals surface area contributed by atoms with E-state index in [1.807, 2.05) is 0 Å². The smallest absolute Gasteiger partial charge is 0.123 e. The zero-order valence-electron chi connectivity index (χ0n) is 12.6. The quantitative estimate of drug-likeness (QED) is 0.822. The van der Waals surface area contributed by atoms with Crippen molar-refractivity contribution >= 4 is 0 Å². The molecule has 0 spiro atoms. The molecule has 1 aromatic carbocycles. The third-order valence-electron chi connectivity index (χ3n) is 3.02. The minimum absolute atomic E-state index is 0.224. The van der Waals surface area contributed by atoms with Crippen molar-refractivity contribution in [3.8, 4) is 5.75 Å². The van der Waals surface area contributed by atoms with Gasteiger partial charge in [-0.25, -0.2) is 0 Å². The molecule has 0 heterocycles. The zero-order valence-corrected chi connectivity index (χ0v) is 12.6. The molecule has 0 saturated heterocycles. The van der Waals surface area contributed by atoms with Crippen molar-refractivity contribution in [2.45, 2.75) is 60.1 Å². The molecule has 0 atom stereocenters. The lowest BCUT2D eigenvalue weighted by molar-refractivity contribution is 0.239. The van der Waals surface area contributed by atoms with Gasteiger partial charge in [-0.1, -0.05) is 26.8 Å². The van der Waals surface area contributed by atoms with Crippen LogP contribution in [0, 0.1) is 6.92 Å². The molecular weight excluding hydrogens is 222 g/mol. The minimum Gasteiger partial charge on any atom is -0.491 e. The summed E-state index contributed by atoms with van der Waals surface area (Å²) in [5.41, 5.74) is 3.98. The molecule has 0 aliphatic carbocycles. The van der Waals surface area contributed by atoms with Crippen LogP contribution in [0.4, 0.5) is 0 Å². The lowest BCUT2D eigenvalue weighted by Gasteiger charge is -2.19. The molecule has 1 N–H and O–H groups in total. The molecule has 0 saturated carbocycles. The summed E-state index contributed by atoms with van der Waals surface area (Å²) in [5.74, 6) is 1.53. The number of hydrogen-bond donors (Lipinski definition) is 1. The Bertz CT molecular complexity index is 383. The highest BCUT2D eigenvalue weighted by molar-refractivity contribution is 5.44. The second-order valence-electron chi connectivity index (χ2n) is 5.42. The van der Waals surface area contributed by atoms with Gasteiger partial charge in [0.1, 0.15) is 5.75 Å². The highest BCUT2D eigenvalue weighted by Crippen LogP contribution is 2.30. The van der Waals surface area contributed by atoms with Gasteiger partial charge in [-0.2, -0.15) is 0 Å². The first kappa shape index (κ1) is 15.0. The van der Waals surface area contributed by atoms with Crippen LogP contribution in [0.5, 0.6) is 5.75 Å². The SMILES string of the molecule is CCNCc1cc(C(C)C)c(OC(C)C)cc1C. The monoisotopic (exact) mass is 249 g/mol. The normalized spacial score (nSPS) is 11.3. The van der Waals surface area contributed by atoms with Crippen LogP contribution < -0.4 is 10.1 Å². The molecule has 0 aliphatic heterocycles. The van der Waals surface area contributed by atoms with Crippen LogP contribution in [-0.2, 0) is 6.54 Å². The number of rotatable bonds is 6. The lowest BCUT2D eigenvalue weighted by atomic mass is 9.96. The molecule has 1 rings (SSSR count). The Morgan fingerprint density at radius 2 is 1.83 bits per heavy atom.